The van der Waals surface area contributed by atoms with Gasteiger partial charge in [0.2, 0.25) is 0 Å². The highest BCUT2D eigenvalue weighted by molar-refractivity contribution is 6.02. The van der Waals surface area contributed by atoms with Crippen LogP contribution in [0.4, 0.5) is 11.6 Å². The van der Waals surface area contributed by atoms with E-state index in [0.29, 0.717) is 22.9 Å². The van der Waals surface area contributed by atoms with Gasteiger partial charge in [-0.05, 0) is 42.5 Å². The van der Waals surface area contributed by atoms with Gasteiger partial charge < -0.3 is 9.73 Å². The first-order chi connectivity index (χ1) is 15.6. The Morgan fingerprint density at radius 2 is 1.84 bits per heavy atom. The Morgan fingerprint density at radius 3 is 2.56 bits per heavy atom. The Kier molecular flexibility index (Phi) is 4.60. The maximum absolute atomic E-state index is 12.2. The first kappa shape index (κ1) is 19.1. The molecule has 0 spiro atoms. The molecule has 0 saturated carbocycles. The second-order valence-electron chi connectivity index (χ2n) is 6.68. The van der Waals surface area contributed by atoms with Gasteiger partial charge in [0.05, 0.1) is 11.8 Å². The van der Waals surface area contributed by atoms with Gasteiger partial charge in [0, 0.05) is 29.2 Å². The minimum absolute atomic E-state index is 0.150. The summed E-state index contributed by atoms with van der Waals surface area (Å²) in [4.78, 5) is 26.3. The van der Waals surface area contributed by atoms with Crippen molar-refractivity contribution >= 4 is 23.1 Å². The number of carbonyl (C=O) groups excluding carboxylic acids is 1. The lowest BCUT2D eigenvalue weighted by molar-refractivity contribution is -0.402. The van der Waals surface area contributed by atoms with Gasteiger partial charge in [0.15, 0.2) is 17.2 Å². The Morgan fingerprint density at radius 1 is 1.00 bits per heavy atom. The van der Waals surface area contributed by atoms with Crippen molar-refractivity contribution in [2.45, 2.75) is 0 Å². The lowest BCUT2D eigenvalue weighted by Gasteiger charge is -2.06. The van der Waals surface area contributed by atoms with Crippen molar-refractivity contribution < 1.29 is 14.1 Å². The molecule has 156 valence electrons. The minimum Gasteiger partial charge on any atom is -0.395 e. The maximum Gasteiger partial charge on any atom is 0.433 e. The average Bonchev–Trinajstić information content (AvgIpc) is 3.48. The Bertz CT molecular complexity index is 1440. The predicted octanol–water partition coefficient (Wildman–Crippen LogP) is 3.61. The molecule has 5 rings (SSSR count). The molecule has 11 heteroatoms. The number of carbonyl (C=O) groups is 1. The largest absolute Gasteiger partial charge is 0.433 e. The number of hydrogen-bond donors (Lipinski definition) is 1. The number of amides is 1. The van der Waals surface area contributed by atoms with E-state index >= 15 is 0 Å². The molecule has 0 aliphatic carbocycles. The van der Waals surface area contributed by atoms with Crippen LogP contribution in [0.25, 0.3) is 28.3 Å². The molecule has 0 saturated heterocycles. The van der Waals surface area contributed by atoms with E-state index in [1.807, 2.05) is 24.3 Å². The highest BCUT2D eigenvalue weighted by Crippen LogP contribution is 2.23. The van der Waals surface area contributed by atoms with Crippen molar-refractivity contribution in [2.75, 3.05) is 5.32 Å². The van der Waals surface area contributed by atoms with Crippen LogP contribution >= 0.6 is 0 Å². The van der Waals surface area contributed by atoms with Crippen LogP contribution in [0.15, 0.2) is 77.5 Å². The molecule has 0 bridgehead atoms. The monoisotopic (exact) mass is 427 g/mol. The second kappa shape index (κ2) is 7.72. The van der Waals surface area contributed by atoms with Gasteiger partial charge >= 0.3 is 5.88 Å². The van der Waals surface area contributed by atoms with Gasteiger partial charge in [0.25, 0.3) is 5.91 Å². The van der Waals surface area contributed by atoms with Gasteiger partial charge in [-0.25, -0.2) is 0 Å². The molecule has 5 aromatic rings. The summed E-state index contributed by atoms with van der Waals surface area (Å²) in [6.07, 6.45) is 3.37. The Balaban J connectivity index is 1.38. The summed E-state index contributed by atoms with van der Waals surface area (Å²) in [5.41, 5.74) is 3.38. The highest BCUT2D eigenvalue weighted by atomic mass is 16.6. The molecule has 0 aliphatic heterocycles. The standard InChI is InChI=1S/C21H13N7O4/c29-21(17-8-10-19(32-17)28(30)31)23-15-5-3-13(4-6-15)16-7-9-18-24-25-20(27(18)26-16)14-2-1-11-22-12-14/h1-12H,(H,23,29). The van der Waals surface area contributed by atoms with Gasteiger partial charge in [0.1, 0.15) is 4.92 Å². The first-order valence-corrected chi connectivity index (χ1v) is 9.37. The van der Waals surface area contributed by atoms with Crippen molar-refractivity contribution in [1.82, 2.24) is 24.8 Å². The SMILES string of the molecule is O=C(Nc1ccc(-c2ccc3nnc(-c4cccnc4)n3n2)cc1)c1ccc([N+](=O)[O-])o1. The molecule has 4 aromatic heterocycles. The third-order valence-electron chi connectivity index (χ3n) is 4.62. The molecule has 4 heterocycles. The van der Waals surface area contributed by atoms with Gasteiger partial charge in [-0.15, -0.1) is 10.2 Å². The third-order valence-corrected chi connectivity index (χ3v) is 4.62. The number of fused-ring (bicyclic) bond motifs is 1. The fraction of sp³-hybridized carbons (Fsp3) is 0. The van der Waals surface area contributed by atoms with Gasteiger partial charge in [-0.2, -0.15) is 9.61 Å². The number of pyridine rings is 1. The molecule has 1 aromatic carbocycles. The van der Waals surface area contributed by atoms with Crippen LogP contribution in [-0.4, -0.2) is 35.6 Å². The number of anilines is 1. The predicted molar refractivity (Wildman–Crippen MR) is 113 cm³/mol. The number of rotatable bonds is 5. The molecule has 0 atom stereocenters. The molecular weight excluding hydrogens is 414 g/mol. The lowest BCUT2D eigenvalue weighted by atomic mass is 10.1. The highest BCUT2D eigenvalue weighted by Gasteiger charge is 2.17. The summed E-state index contributed by atoms with van der Waals surface area (Å²) in [5, 5.41) is 26.3. The van der Waals surface area contributed by atoms with E-state index in [0.717, 1.165) is 17.2 Å². The zero-order chi connectivity index (χ0) is 22.1. The van der Waals surface area contributed by atoms with Crippen LogP contribution in [0.5, 0.6) is 0 Å². The molecule has 1 amide bonds. The molecule has 32 heavy (non-hydrogen) atoms. The fourth-order valence-corrected chi connectivity index (χ4v) is 3.08. The van der Waals surface area contributed by atoms with E-state index in [-0.39, 0.29) is 5.76 Å². The smallest absolute Gasteiger partial charge is 0.395 e. The van der Waals surface area contributed by atoms with E-state index in [1.165, 1.54) is 6.07 Å². The minimum atomic E-state index is -0.703. The second-order valence-corrected chi connectivity index (χ2v) is 6.68. The Labute approximate surface area is 179 Å². The molecule has 0 aliphatic rings. The summed E-state index contributed by atoms with van der Waals surface area (Å²) < 4.78 is 6.56. The molecule has 1 N–H and O–H groups in total. The summed E-state index contributed by atoms with van der Waals surface area (Å²) in [7, 11) is 0. The lowest BCUT2D eigenvalue weighted by Crippen LogP contribution is -2.10. The number of aromatic nitrogens is 5. The quantitative estimate of drug-likeness (QED) is 0.331. The molecule has 11 nitrogen and oxygen atoms in total. The number of nitrogens with zero attached hydrogens (tertiary/aromatic N) is 6. The summed E-state index contributed by atoms with van der Waals surface area (Å²) in [5.74, 6) is -0.655. The zero-order valence-corrected chi connectivity index (χ0v) is 16.2. The summed E-state index contributed by atoms with van der Waals surface area (Å²) in [6.45, 7) is 0. The fourth-order valence-electron chi connectivity index (χ4n) is 3.08. The number of benzene rings is 1. The Hall–Kier alpha value is -4.93. The number of furan rings is 1. The number of hydrogen-bond acceptors (Lipinski definition) is 8. The van der Waals surface area contributed by atoms with Crippen LogP contribution < -0.4 is 5.32 Å². The van der Waals surface area contributed by atoms with Crippen molar-refractivity contribution in [2.24, 2.45) is 0 Å². The molecule has 0 fully saturated rings. The van der Waals surface area contributed by atoms with Crippen molar-refractivity contribution in [1.29, 1.82) is 0 Å². The molecular formula is C21H13N7O4. The van der Waals surface area contributed by atoms with E-state index in [2.05, 4.69) is 25.6 Å². The van der Waals surface area contributed by atoms with E-state index in [9.17, 15) is 14.9 Å². The summed E-state index contributed by atoms with van der Waals surface area (Å²) >= 11 is 0. The third kappa shape index (κ3) is 3.54. The first-order valence-electron chi connectivity index (χ1n) is 9.37. The number of nitrogens with one attached hydrogen (secondary N) is 1. The van der Waals surface area contributed by atoms with E-state index in [4.69, 9.17) is 4.42 Å². The van der Waals surface area contributed by atoms with Crippen LogP contribution in [0, 0.1) is 10.1 Å². The topological polar surface area (TPSA) is 141 Å². The normalized spacial score (nSPS) is 10.9. The van der Waals surface area contributed by atoms with Crippen LogP contribution in [0.3, 0.4) is 0 Å². The van der Waals surface area contributed by atoms with Crippen molar-refractivity contribution in [3.63, 3.8) is 0 Å². The zero-order valence-electron chi connectivity index (χ0n) is 16.2. The molecule has 0 unspecified atom stereocenters. The van der Waals surface area contributed by atoms with Gasteiger partial charge in [-0.3, -0.25) is 19.9 Å². The summed E-state index contributed by atoms with van der Waals surface area (Å²) in [6, 6.07) is 16.7. The van der Waals surface area contributed by atoms with Gasteiger partial charge in [-0.1, -0.05) is 12.1 Å². The van der Waals surface area contributed by atoms with Crippen LogP contribution in [-0.2, 0) is 0 Å². The average molecular weight is 427 g/mol. The maximum atomic E-state index is 12.2. The van der Waals surface area contributed by atoms with E-state index in [1.54, 1.807) is 41.2 Å². The van der Waals surface area contributed by atoms with E-state index < -0.39 is 16.7 Å². The van der Waals surface area contributed by atoms with Crippen molar-refractivity contribution in [3.05, 3.63) is 88.9 Å². The van der Waals surface area contributed by atoms with Crippen molar-refractivity contribution in [3.8, 4) is 22.6 Å². The molecule has 0 radical (unpaired) electrons. The van der Waals surface area contributed by atoms with Crippen LogP contribution in [0.2, 0.25) is 0 Å². The van der Waals surface area contributed by atoms with Crippen LogP contribution in [0.1, 0.15) is 10.6 Å². The number of nitro groups is 1.